The van der Waals surface area contributed by atoms with Gasteiger partial charge in [-0.3, -0.25) is 4.79 Å². The Bertz CT molecular complexity index is 579. The van der Waals surface area contributed by atoms with E-state index in [1.54, 1.807) is 6.08 Å². The summed E-state index contributed by atoms with van der Waals surface area (Å²) in [5, 5.41) is 2.43. The van der Waals surface area contributed by atoms with Gasteiger partial charge < -0.3 is 0 Å². The molecule has 1 nitrogen and oxygen atoms in total. The molecule has 0 heterocycles. The Balaban J connectivity index is 2.17. The number of allylic oxidation sites excluding steroid dienone is 1. The van der Waals surface area contributed by atoms with Crippen LogP contribution in [0.4, 0.5) is 0 Å². The van der Waals surface area contributed by atoms with Crippen molar-refractivity contribution in [3.8, 4) is 0 Å². The molecule has 2 aromatic carbocycles. The summed E-state index contributed by atoms with van der Waals surface area (Å²) in [6.07, 6.45) is 4.20. The van der Waals surface area contributed by atoms with Crippen molar-refractivity contribution in [2.24, 2.45) is 5.92 Å². The third-order valence-electron chi connectivity index (χ3n) is 2.84. The number of fused-ring (bicyclic) bond motifs is 1. The minimum absolute atomic E-state index is 0.193. The highest BCUT2D eigenvalue weighted by Gasteiger charge is 2.00. The van der Waals surface area contributed by atoms with Crippen LogP contribution in [-0.2, 0) is 4.79 Å². The van der Waals surface area contributed by atoms with E-state index in [9.17, 15) is 4.79 Å². The fraction of sp³-hybridized carbons (Fsp3) is 0.235. The maximum absolute atomic E-state index is 11.6. The highest BCUT2D eigenvalue weighted by Crippen LogP contribution is 2.16. The van der Waals surface area contributed by atoms with E-state index in [2.05, 4.69) is 38.1 Å². The fourth-order valence-corrected chi connectivity index (χ4v) is 1.97. The van der Waals surface area contributed by atoms with Crippen LogP contribution >= 0.6 is 0 Å². The van der Waals surface area contributed by atoms with Crippen molar-refractivity contribution in [2.45, 2.75) is 20.3 Å². The van der Waals surface area contributed by atoms with Crippen LogP contribution < -0.4 is 0 Å². The maximum atomic E-state index is 11.6. The minimum Gasteiger partial charge on any atom is -0.295 e. The average Bonchev–Trinajstić information content (AvgIpc) is 2.35. The molecule has 0 aromatic heterocycles. The van der Waals surface area contributed by atoms with Crippen LogP contribution in [0.3, 0.4) is 0 Å². The molecule has 0 aliphatic rings. The molecule has 0 aliphatic heterocycles. The molecule has 92 valence electrons. The smallest absolute Gasteiger partial charge is 0.155 e. The van der Waals surface area contributed by atoms with Gasteiger partial charge in [0.05, 0.1) is 0 Å². The van der Waals surface area contributed by atoms with Gasteiger partial charge in [-0.15, -0.1) is 0 Å². The zero-order valence-corrected chi connectivity index (χ0v) is 10.9. The molecule has 0 spiro atoms. The first-order chi connectivity index (χ1) is 8.65. The van der Waals surface area contributed by atoms with Crippen LogP contribution in [0.1, 0.15) is 25.8 Å². The van der Waals surface area contributed by atoms with E-state index in [1.807, 2.05) is 24.3 Å². The quantitative estimate of drug-likeness (QED) is 0.718. The zero-order chi connectivity index (χ0) is 13.0. The minimum atomic E-state index is 0.193. The van der Waals surface area contributed by atoms with Gasteiger partial charge in [0.25, 0.3) is 0 Å². The standard InChI is InChI=1S/C17H18O/c1-13(2)11-17(18)10-8-14-7-9-15-5-3-4-6-16(15)12-14/h3-10,12-13H,11H2,1-2H3/b10-8+. The number of hydrogen-bond acceptors (Lipinski definition) is 1. The van der Waals surface area contributed by atoms with E-state index in [4.69, 9.17) is 0 Å². The van der Waals surface area contributed by atoms with Gasteiger partial charge in [0.2, 0.25) is 0 Å². The number of carbonyl (C=O) groups is 1. The normalized spacial score (nSPS) is 11.5. The lowest BCUT2D eigenvalue weighted by molar-refractivity contribution is -0.115. The van der Waals surface area contributed by atoms with Gasteiger partial charge in [0, 0.05) is 6.42 Å². The van der Waals surface area contributed by atoms with Crippen molar-refractivity contribution >= 4 is 22.6 Å². The Morgan fingerprint density at radius 3 is 2.56 bits per heavy atom. The third kappa shape index (κ3) is 3.30. The van der Waals surface area contributed by atoms with Crippen molar-refractivity contribution in [3.05, 3.63) is 54.1 Å². The number of ketones is 1. The second-order valence-electron chi connectivity index (χ2n) is 5.00. The molecule has 0 saturated heterocycles. The van der Waals surface area contributed by atoms with Crippen LogP contribution in [0, 0.1) is 5.92 Å². The van der Waals surface area contributed by atoms with Crippen molar-refractivity contribution in [1.82, 2.24) is 0 Å². The molecule has 2 rings (SSSR count). The van der Waals surface area contributed by atoms with Crippen molar-refractivity contribution in [1.29, 1.82) is 0 Å². The third-order valence-corrected chi connectivity index (χ3v) is 2.84. The summed E-state index contributed by atoms with van der Waals surface area (Å²) < 4.78 is 0. The van der Waals surface area contributed by atoms with E-state index >= 15 is 0 Å². The molecule has 2 aromatic rings. The molecule has 0 unspecified atom stereocenters. The van der Waals surface area contributed by atoms with Crippen LogP contribution in [-0.4, -0.2) is 5.78 Å². The molecule has 0 aliphatic carbocycles. The Kier molecular flexibility index (Phi) is 3.93. The molecule has 0 saturated carbocycles. The molecule has 1 heteroatoms. The molecule has 0 atom stereocenters. The molecule has 0 amide bonds. The van der Waals surface area contributed by atoms with Crippen LogP contribution in [0.15, 0.2) is 48.5 Å². The summed E-state index contributed by atoms with van der Waals surface area (Å²) in [4.78, 5) is 11.6. The second-order valence-corrected chi connectivity index (χ2v) is 5.00. The van der Waals surface area contributed by atoms with Crippen molar-refractivity contribution < 1.29 is 4.79 Å². The predicted molar refractivity (Wildman–Crippen MR) is 77.4 cm³/mol. The molecule has 0 fully saturated rings. The first kappa shape index (κ1) is 12.6. The SMILES string of the molecule is CC(C)CC(=O)/C=C/c1ccc2ccccc2c1. The number of benzene rings is 2. The lowest BCUT2D eigenvalue weighted by atomic mass is 10.0. The predicted octanol–water partition coefficient (Wildman–Crippen LogP) is 4.47. The Labute approximate surface area is 108 Å². The Hall–Kier alpha value is -1.89. The summed E-state index contributed by atoms with van der Waals surface area (Å²) in [5.74, 6) is 0.608. The summed E-state index contributed by atoms with van der Waals surface area (Å²) in [6.45, 7) is 4.11. The molecule has 0 N–H and O–H groups in total. The maximum Gasteiger partial charge on any atom is 0.155 e. The number of hydrogen-bond donors (Lipinski definition) is 0. The Morgan fingerprint density at radius 1 is 1.11 bits per heavy atom. The van der Waals surface area contributed by atoms with Gasteiger partial charge in [0.15, 0.2) is 5.78 Å². The second kappa shape index (κ2) is 5.63. The lowest BCUT2D eigenvalue weighted by Gasteiger charge is -2.00. The summed E-state index contributed by atoms with van der Waals surface area (Å²) >= 11 is 0. The van der Waals surface area contributed by atoms with Crippen LogP contribution in [0.5, 0.6) is 0 Å². The zero-order valence-electron chi connectivity index (χ0n) is 10.9. The first-order valence-corrected chi connectivity index (χ1v) is 6.35. The highest BCUT2D eigenvalue weighted by molar-refractivity contribution is 5.94. The molecule has 0 radical (unpaired) electrons. The number of carbonyl (C=O) groups excluding carboxylic acids is 1. The van der Waals surface area contributed by atoms with Crippen molar-refractivity contribution in [3.63, 3.8) is 0 Å². The van der Waals surface area contributed by atoms with Crippen LogP contribution in [0.2, 0.25) is 0 Å². The Morgan fingerprint density at radius 2 is 1.83 bits per heavy atom. The van der Waals surface area contributed by atoms with Gasteiger partial charge in [-0.1, -0.05) is 56.3 Å². The summed E-state index contributed by atoms with van der Waals surface area (Å²) in [5.41, 5.74) is 1.07. The van der Waals surface area contributed by atoms with Gasteiger partial charge in [0.1, 0.15) is 0 Å². The van der Waals surface area contributed by atoms with Crippen LogP contribution in [0.25, 0.3) is 16.8 Å². The lowest BCUT2D eigenvalue weighted by Crippen LogP contribution is -1.98. The largest absolute Gasteiger partial charge is 0.295 e. The highest BCUT2D eigenvalue weighted by atomic mass is 16.1. The molecule has 0 bridgehead atoms. The topological polar surface area (TPSA) is 17.1 Å². The van der Waals surface area contributed by atoms with Gasteiger partial charge in [-0.2, -0.15) is 0 Å². The van der Waals surface area contributed by atoms with E-state index in [1.165, 1.54) is 10.8 Å². The summed E-state index contributed by atoms with van der Waals surface area (Å²) in [7, 11) is 0. The van der Waals surface area contributed by atoms with E-state index < -0.39 is 0 Å². The molecular formula is C17H18O. The van der Waals surface area contributed by atoms with E-state index in [-0.39, 0.29) is 5.78 Å². The van der Waals surface area contributed by atoms with Gasteiger partial charge in [-0.25, -0.2) is 0 Å². The van der Waals surface area contributed by atoms with E-state index in [0.29, 0.717) is 12.3 Å². The molecular weight excluding hydrogens is 220 g/mol. The van der Waals surface area contributed by atoms with Gasteiger partial charge >= 0.3 is 0 Å². The monoisotopic (exact) mass is 238 g/mol. The fourth-order valence-electron chi connectivity index (χ4n) is 1.97. The summed E-state index contributed by atoms with van der Waals surface area (Å²) in [6, 6.07) is 14.5. The molecule has 18 heavy (non-hydrogen) atoms. The van der Waals surface area contributed by atoms with Gasteiger partial charge in [-0.05, 0) is 34.4 Å². The average molecular weight is 238 g/mol. The van der Waals surface area contributed by atoms with E-state index in [0.717, 1.165) is 5.56 Å². The van der Waals surface area contributed by atoms with Crippen molar-refractivity contribution in [2.75, 3.05) is 0 Å². The first-order valence-electron chi connectivity index (χ1n) is 6.35. The number of rotatable bonds is 4.